The third-order valence-corrected chi connectivity index (χ3v) is 7.30. The lowest BCUT2D eigenvalue weighted by Gasteiger charge is -2.46. The van der Waals surface area contributed by atoms with Gasteiger partial charge < -0.3 is 23.7 Å². The Balaban J connectivity index is 1.40. The molecule has 4 aromatic carbocycles. The van der Waals surface area contributed by atoms with Crippen LogP contribution >= 0.6 is 0 Å². The molecule has 1 fully saturated rings. The topological polar surface area (TPSA) is 46.2 Å². The Bertz CT molecular complexity index is 1340. The fourth-order valence-corrected chi connectivity index (χ4v) is 5.17. The van der Waals surface area contributed by atoms with Gasteiger partial charge in [-0.2, -0.15) is 0 Å². The van der Waals surface area contributed by atoms with E-state index in [1.165, 1.54) is 0 Å². The van der Waals surface area contributed by atoms with E-state index in [-0.39, 0.29) is 6.10 Å². The Kier molecular flexibility index (Phi) is 11.3. The molecule has 0 spiro atoms. The van der Waals surface area contributed by atoms with E-state index in [2.05, 4.69) is 30.2 Å². The smallest absolute Gasteiger partial charge is 0.115 e. The molecule has 0 unspecified atom stereocenters. The van der Waals surface area contributed by atoms with Crippen molar-refractivity contribution < 1.29 is 23.7 Å². The van der Waals surface area contributed by atoms with Crippen molar-refractivity contribution in [1.29, 1.82) is 0 Å². The van der Waals surface area contributed by atoms with Crippen LogP contribution in [0.2, 0.25) is 0 Å². The maximum atomic E-state index is 6.69. The molecule has 0 N–H and O–H groups in total. The van der Waals surface area contributed by atoms with E-state index in [4.69, 9.17) is 30.1 Å². The van der Waals surface area contributed by atoms with Gasteiger partial charge in [0, 0.05) is 6.42 Å². The molecule has 5 heteroatoms. The first-order chi connectivity index (χ1) is 20.8. The molecule has 0 saturated carbocycles. The first kappa shape index (κ1) is 29.7. The third kappa shape index (κ3) is 8.62. The molecule has 1 aliphatic rings. The van der Waals surface area contributed by atoms with E-state index < -0.39 is 24.4 Å². The molecular formula is C37H38O5. The van der Waals surface area contributed by atoms with Gasteiger partial charge in [-0.3, -0.25) is 0 Å². The van der Waals surface area contributed by atoms with Gasteiger partial charge in [-0.15, -0.1) is 12.3 Å². The summed E-state index contributed by atoms with van der Waals surface area (Å²) in [4.78, 5) is 0. The fraction of sp³-hybridized carbons (Fsp3) is 0.297. The van der Waals surface area contributed by atoms with Gasteiger partial charge in [-0.1, -0.05) is 121 Å². The predicted molar refractivity (Wildman–Crippen MR) is 163 cm³/mol. The molecule has 0 aromatic heterocycles. The summed E-state index contributed by atoms with van der Waals surface area (Å²) in [7, 11) is 0. The highest BCUT2D eigenvalue weighted by atomic mass is 16.6. The Morgan fingerprint density at radius 2 is 0.881 bits per heavy atom. The minimum Gasteiger partial charge on any atom is -0.374 e. The van der Waals surface area contributed by atoms with Crippen molar-refractivity contribution in [2.45, 2.75) is 63.4 Å². The van der Waals surface area contributed by atoms with Crippen LogP contribution in [-0.2, 0) is 50.1 Å². The summed E-state index contributed by atoms with van der Waals surface area (Å²) in [5.74, 6) is 2.79. The van der Waals surface area contributed by atoms with E-state index >= 15 is 0 Å². The highest BCUT2D eigenvalue weighted by molar-refractivity contribution is 5.16. The van der Waals surface area contributed by atoms with Crippen molar-refractivity contribution >= 4 is 0 Å². The van der Waals surface area contributed by atoms with Crippen LogP contribution in [-0.4, -0.2) is 37.1 Å². The highest BCUT2D eigenvalue weighted by Crippen LogP contribution is 2.32. The van der Waals surface area contributed by atoms with Gasteiger partial charge in [0.1, 0.15) is 24.4 Å². The zero-order valence-electron chi connectivity index (χ0n) is 23.8. The van der Waals surface area contributed by atoms with Crippen molar-refractivity contribution in [3.8, 4) is 12.3 Å². The molecular weight excluding hydrogens is 524 g/mol. The van der Waals surface area contributed by atoms with Crippen LogP contribution in [0.15, 0.2) is 121 Å². The Morgan fingerprint density at radius 1 is 0.500 bits per heavy atom. The average molecular weight is 563 g/mol. The van der Waals surface area contributed by atoms with E-state index in [1.54, 1.807) is 0 Å². The summed E-state index contributed by atoms with van der Waals surface area (Å²) in [6, 6.07) is 40.4. The van der Waals surface area contributed by atoms with E-state index in [9.17, 15) is 0 Å². The van der Waals surface area contributed by atoms with Gasteiger partial charge in [-0.05, 0) is 22.3 Å². The van der Waals surface area contributed by atoms with Gasteiger partial charge in [0.2, 0.25) is 0 Å². The Morgan fingerprint density at radius 3 is 1.31 bits per heavy atom. The van der Waals surface area contributed by atoms with Crippen molar-refractivity contribution in [3.63, 3.8) is 0 Å². The maximum Gasteiger partial charge on any atom is 0.115 e. The number of ether oxygens (including phenoxy) is 5. The van der Waals surface area contributed by atoms with Crippen LogP contribution in [0.1, 0.15) is 28.7 Å². The number of terminal acetylenes is 1. The summed E-state index contributed by atoms with van der Waals surface area (Å²) in [6.45, 7) is 2.01. The van der Waals surface area contributed by atoms with Gasteiger partial charge in [-0.25, -0.2) is 0 Å². The molecule has 0 amide bonds. The molecule has 216 valence electrons. The van der Waals surface area contributed by atoms with Crippen LogP contribution in [0.4, 0.5) is 0 Å². The van der Waals surface area contributed by atoms with Gasteiger partial charge in [0.05, 0.1) is 39.1 Å². The third-order valence-electron chi connectivity index (χ3n) is 7.30. The second-order valence-corrected chi connectivity index (χ2v) is 10.4. The van der Waals surface area contributed by atoms with Crippen LogP contribution in [0.3, 0.4) is 0 Å². The van der Waals surface area contributed by atoms with Crippen LogP contribution in [0.25, 0.3) is 0 Å². The van der Waals surface area contributed by atoms with E-state index in [0.29, 0.717) is 39.5 Å². The number of hydrogen-bond acceptors (Lipinski definition) is 5. The molecule has 0 bridgehead atoms. The van der Waals surface area contributed by atoms with E-state index in [1.807, 2.05) is 97.1 Å². The quantitative estimate of drug-likeness (QED) is 0.159. The van der Waals surface area contributed by atoms with Gasteiger partial charge in [0.15, 0.2) is 0 Å². The van der Waals surface area contributed by atoms with Crippen molar-refractivity contribution in [2.75, 3.05) is 6.61 Å². The molecule has 1 heterocycles. The minimum atomic E-state index is -0.459. The fourth-order valence-electron chi connectivity index (χ4n) is 5.17. The molecule has 1 aliphatic heterocycles. The maximum absolute atomic E-state index is 6.69. The van der Waals surface area contributed by atoms with Crippen molar-refractivity contribution in [2.24, 2.45) is 0 Å². The molecule has 1 saturated heterocycles. The second-order valence-electron chi connectivity index (χ2n) is 10.4. The molecule has 5 rings (SSSR count). The summed E-state index contributed by atoms with van der Waals surface area (Å²) in [5.41, 5.74) is 4.29. The largest absolute Gasteiger partial charge is 0.374 e. The van der Waals surface area contributed by atoms with E-state index in [0.717, 1.165) is 22.3 Å². The molecule has 0 aliphatic carbocycles. The zero-order chi connectivity index (χ0) is 28.8. The minimum absolute atomic E-state index is 0.325. The van der Waals surface area contributed by atoms with Gasteiger partial charge >= 0.3 is 0 Å². The summed E-state index contributed by atoms with van der Waals surface area (Å²) >= 11 is 0. The molecule has 5 nitrogen and oxygen atoms in total. The average Bonchev–Trinajstić information content (AvgIpc) is 3.05. The molecule has 5 atom stereocenters. The summed E-state index contributed by atoms with van der Waals surface area (Å²) < 4.78 is 32.7. The van der Waals surface area contributed by atoms with Crippen molar-refractivity contribution in [3.05, 3.63) is 144 Å². The lowest BCUT2D eigenvalue weighted by atomic mass is 9.92. The number of rotatable bonds is 14. The molecule has 0 radical (unpaired) electrons. The van der Waals surface area contributed by atoms with Crippen molar-refractivity contribution in [1.82, 2.24) is 0 Å². The SMILES string of the molecule is C#CC[C@H]1O[C@H](COCc2ccccc2)[C@H](OCc2ccccc2)[C@H](OCc2ccccc2)[C@H]1OCc1ccccc1. The van der Waals surface area contributed by atoms with Crippen LogP contribution in [0.5, 0.6) is 0 Å². The zero-order valence-corrected chi connectivity index (χ0v) is 23.8. The predicted octanol–water partition coefficient (Wildman–Crippen LogP) is 6.75. The van der Waals surface area contributed by atoms with Crippen LogP contribution in [0, 0.1) is 12.3 Å². The number of benzene rings is 4. The lowest BCUT2D eigenvalue weighted by molar-refractivity contribution is -0.271. The summed E-state index contributed by atoms with van der Waals surface area (Å²) in [5, 5.41) is 0. The lowest BCUT2D eigenvalue weighted by Crippen LogP contribution is -2.61. The van der Waals surface area contributed by atoms with Crippen LogP contribution < -0.4 is 0 Å². The number of hydrogen-bond donors (Lipinski definition) is 0. The molecule has 42 heavy (non-hydrogen) atoms. The monoisotopic (exact) mass is 562 g/mol. The first-order valence-corrected chi connectivity index (χ1v) is 14.5. The second kappa shape index (κ2) is 16.0. The first-order valence-electron chi connectivity index (χ1n) is 14.5. The molecule has 4 aromatic rings. The highest BCUT2D eigenvalue weighted by Gasteiger charge is 2.48. The standard InChI is InChI=1S/C37H38O5/c1-2-15-33-35(39-25-30-18-9-4-10-19-30)37(41-27-32-22-13-6-14-23-32)36(40-26-31-20-11-5-12-21-31)34(42-33)28-38-24-29-16-7-3-8-17-29/h1,3-14,16-23,33-37H,15,24-28H2/t33-,34-,35+,36+,37-/m1/s1. The summed E-state index contributed by atoms with van der Waals surface area (Å²) in [6.07, 6.45) is 4.07. The Labute approximate surface area is 249 Å². The van der Waals surface area contributed by atoms with Gasteiger partial charge in [0.25, 0.3) is 0 Å². The normalized spacial score (nSPS) is 21.9. The Hall–Kier alpha value is -3.76.